The van der Waals surface area contributed by atoms with Gasteiger partial charge in [-0.2, -0.15) is 0 Å². The number of carbonyl (C=O) groups is 2. The van der Waals surface area contributed by atoms with Gasteiger partial charge in [-0.15, -0.1) is 0 Å². The number of pyridine rings is 1. The highest BCUT2D eigenvalue weighted by Gasteiger charge is 2.15. The van der Waals surface area contributed by atoms with E-state index >= 15 is 0 Å². The molecule has 3 rings (SSSR count). The monoisotopic (exact) mass is 367 g/mol. The molecule has 1 aliphatic heterocycles. The molecule has 0 spiro atoms. The molecule has 1 aromatic heterocycles. The molecule has 7 nitrogen and oxygen atoms in total. The molecule has 0 bridgehead atoms. The first kappa shape index (κ1) is 18.8. The summed E-state index contributed by atoms with van der Waals surface area (Å²) in [6.07, 6.45) is 1.96. The van der Waals surface area contributed by atoms with E-state index in [2.05, 4.69) is 32.5 Å². The van der Waals surface area contributed by atoms with Crippen LogP contribution in [0.3, 0.4) is 0 Å². The van der Waals surface area contributed by atoms with Crippen molar-refractivity contribution in [3.63, 3.8) is 0 Å². The zero-order chi connectivity index (χ0) is 19.2. The van der Waals surface area contributed by atoms with E-state index in [-0.39, 0.29) is 18.2 Å². The summed E-state index contributed by atoms with van der Waals surface area (Å²) in [6, 6.07) is 11.1. The maximum absolute atomic E-state index is 12.2. The number of carbonyl (C=O) groups excluding carboxylic acids is 2. The summed E-state index contributed by atoms with van der Waals surface area (Å²) in [5.74, 6) is 0.721. The van der Waals surface area contributed by atoms with Crippen LogP contribution in [0.5, 0.6) is 0 Å². The van der Waals surface area contributed by atoms with Crippen molar-refractivity contribution in [3.8, 4) is 0 Å². The van der Waals surface area contributed by atoms with Gasteiger partial charge in [-0.25, -0.2) is 4.98 Å². The number of likely N-dealkylation sites (N-methyl/N-ethyl adjacent to an activating group) is 1. The minimum absolute atomic E-state index is 0.101. The molecular weight excluding hydrogens is 342 g/mol. The van der Waals surface area contributed by atoms with Crippen LogP contribution in [-0.4, -0.2) is 54.9 Å². The second kappa shape index (κ2) is 8.64. The lowest BCUT2D eigenvalue weighted by molar-refractivity contribution is -0.116. The highest BCUT2D eigenvalue weighted by Crippen LogP contribution is 2.16. The largest absolute Gasteiger partial charge is 0.354 e. The van der Waals surface area contributed by atoms with Gasteiger partial charge in [0.1, 0.15) is 5.82 Å². The Bertz CT molecular complexity index is 781. The van der Waals surface area contributed by atoms with Crippen molar-refractivity contribution >= 4 is 29.0 Å². The molecule has 0 unspecified atom stereocenters. The van der Waals surface area contributed by atoms with Crippen LogP contribution in [0.2, 0.25) is 0 Å². The fourth-order valence-electron chi connectivity index (χ4n) is 2.98. The lowest BCUT2D eigenvalue weighted by atomic mass is 10.1. The first-order valence-electron chi connectivity index (χ1n) is 9.05. The van der Waals surface area contributed by atoms with Crippen LogP contribution in [0.25, 0.3) is 0 Å². The average Bonchev–Trinajstić information content (AvgIpc) is 2.64. The molecule has 0 atom stereocenters. The Balaban J connectivity index is 1.52. The average molecular weight is 367 g/mol. The molecule has 142 valence electrons. The van der Waals surface area contributed by atoms with Crippen molar-refractivity contribution in [1.29, 1.82) is 0 Å². The third-order valence-corrected chi connectivity index (χ3v) is 4.50. The Morgan fingerprint density at radius 1 is 0.963 bits per heavy atom. The van der Waals surface area contributed by atoms with Crippen LogP contribution >= 0.6 is 0 Å². The number of benzene rings is 1. The van der Waals surface area contributed by atoms with Gasteiger partial charge in [0.25, 0.3) is 0 Å². The number of aromatic nitrogens is 1. The van der Waals surface area contributed by atoms with E-state index in [0.29, 0.717) is 5.69 Å². The third kappa shape index (κ3) is 5.52. The van der Waals surface area contributed by atoms with Crippen LogP contribution in [0.4, 0.5) is 17.2 Å². The molecule has 0 aliphatic carbocycles. The number of nitrogens with one attached hydrogen (secondary N) is 2. The molecule has 1 aromatic carbocycles. The fraction of sp³-hybridized carbons (Fsp3) is 0.350. The summed E-state index contributed by atoms with van der Waals surface area (Å²) in [4.78, 5) is 32.3. The molecule has 1 fully saturated rings. The molecule has 0 radical (unpaired) electrons. The molecule has 1 aliphatic rings. The fourth-order valence-corrected chi connectivity index (χ4v) is 2.98. The molecular formula is C20H25N5O2. The first-order chi connectivity index (χ1) is 13.0. The quantitative estimate of drug-likeness (QED) is 0.845. The molecule has 2 heterocycles. The van der Waals surface area contributed by atoms with Gasteiger partial charge in [0.15, 0.2) is 0 Å². The first-order valence-corrected chi connectivity index (χ1v) is 9.05. The van der Waals surface area contributed by atoms with Gasteiger partial charge in [-0.1, -0.05) is 12.1 Å². The number of hydrogen-bond donors (Lipinski definition) is 2. The molecule has 2 N–H and O–H groups in total. The summed E-state index contributed by atoms with van der Waals surface area (Å²) < 4.78 is 0. The van der Waals surface area contributed by atoms with Crippen molar-refractivity contribution in [2.75, 3.05) is 48.8 Å². The Morgan fingerprint density at radius 3 is 2.22 bits per heavy atom. The smallest absolute Gasteiger partial charge is 0.228 e. The van der Waals surface area contributed by atoms with E-state index in [9.17, 15) is 9.59 Å². The highest BCUT2D eigenvalue weighted by atomic mass is 16.2. The molecule has 0 saturated carbocycles. The van der Waals surface area contributed by atoms with Crippen molar-refractivity contribution in [1.82, 2.24) is 9.88 Å². The number of piperazine rings is 1. The van der Waals surface area contributed by atoms with Crippen molar-refractivity contribution in [2.24, 2.45) is 0 Å². The summed E-state index contributed by atoms with van der Waals surface area (Å²) >= 11 is 0. The predicted octanol–water partition coefficient (Wildman–Crippen LogP) is 1.97. The summed E-state index contributed by atoms with van der Waals surface area (Å²) in [6.45, 7) is 5.44. The Kier molecular flexibility index (Phi) is 6.03. The number of amides is 2. The van der Waals surface area contributed by atoms with Crippen molar-refractivity contribution in [3.05, 3.63) is 48.2 Å². The normalized spacial score (nSPS) is 14.7. The second-order valence-electron chi connectivity index (χ2n) is 6.80. The number of hydrogen-bond acceptors (Lipinski definition) is 5. The maximum Gasteiger partial charge on any atom is 0.228 e. The number of nitrogens with zero attached hydrogens (tertiary/aromatic N) is 3. The SMILES string of the molecule is CC(=O)Nc1ccc(CC(=O)Nc2ccc(N3CCN(C)CC3)nc2)cc1. The molecule has 27 heavy (non-hydrogen) atoms. The molecule has 1 saturated heterocycles. The van der Waals surface area contributed by atoms with Crippen LogP contribution in [0.15, 0.2) is 42.6 Å². The minimum atomic E-state index is -0.118. The van der Waals surface area contributed by atoms with E-state index in [1.807, 2.05) is 24.3 Å². The van der Waals surface area contributed by atoms with Gasteiger partial charge in [0, 0.05) is 38.8 Å². The van der Waals surface area contributed by atoms with Gasteiger partial charge >= 0.3 is 0 Å². The molecule has 7 heteroatoms. The Labute approximate surface area is 159 Å². The topological polar surface area (TPSA) is 77.6 Å². The third-order valence-electron chi connectivity index (χ3n) is 4.50. The van der Waals surface area contributed by atoms with E-state index in [1.165, 1.54) is 6.92 Å². The van der Waals surface area contributed by atoms with E-state index in [4.69, 9.17) is 0 Å². The van der Waals surface area contributed by atoms with E-state index < -0.39 is 0 Å². The van der Waals surface area contributed by atoms with Gasteiger partial charge in [-0.3, -0.25) is 9.59 Å². The summed E-state index contributed by atoms with van der Waals surface area (Å²) in [7, 11) is 2.12. The molecule has 2 amide bonds. The Hall–Kier alpha value is -2.93. The van der Waals surface area contributed by atoms with Crippen LogP contribution in [0, 0.1) is 0 Å². The Morgan fingerprint density at radius 2 is 1.63 bits per heavy atom. The van der Waals surface area contributed by atoms with Crippen molar-refractivity contribution < 1.29 is 9.59 Å². The lowest BCUT2D eigenvalue weighted by Gasteiger charge is -2.33. The molecule has 2 aromatic rings. The summed E-state index contributed by atoms with van der Waals surface area (Å²) in [5.41, 5.74) is 2.28. The van der Waals surface area contributed by atoms with E-state index in [0.717, 1.165) is 43.2 Å². The van der Waals surface area contributed by atoms with Crippen molar-refractivity contribution in [2.45, 2.75) is 13.3 Å². The summed E-state index contributed by atoms with van der Waals surface area (Å²) in [5, 5.41) is 5.58. The minimum Gasteiger partial charge on any atom is -0.354 e. The van der Waals surface area contributed by atoms with Gasteiger partial charge in [-0.05, 0) is 36.9 Å². The zero-order valence-corrected chi connectivity index (χ0v) is 15.7. The van der Waals surface area contributed by atoms with Crippen LogP contribution in [-0.2, 0) is 16.0 Å². The van der Waals surface area contributed by atoms with Crippen LogP contribution in [0.1, 0.15) is 12.5 Å². The van der Waals surface area contributed by atoms with Gasteiger partial charge < -0.3 is 20.4 Å². The van der Waals surface area contributed by atoms with E-state index in [1.54, 1.807) is 18.3 Å². The van der Waals surface area contributed by atoms with Gasteiger partial charge in [0.2, 0.25) is 11.8 Å². The van der Waals surface area contributed by atoms with Gasteiger partial charge in [0.05, 0.1) is 18.3 Å². The number of anilines is 3. The second-order valence-corrected chi connectivity index (χ2v) is 6.80. The number of rotatable bonds is 5. The zero-order valence-electron chi connectivity index (χ0n) is 15.7. The maximum atomic E-state index is 12.2. The predicted molar refractivity (Wildman–Crippen MR) is 107 cm³/mol. The standard InChI is InChI=1S/C20H25N5O2/c1-15(26)22-17-5-3-16(4-6-17)13-20(27)23-18-7-8-19(21-14-18)25-11-9-24(2)10-12-25/h3-8,14H,9-13H2,1-2H3,(H,22,26)(H,23,27). The highest BCUT2D eigenvalue weighted by molar-refractivity contribution is 5.92. The van der Waals surface area contributed by atoms with Crippen LogP contribution < -0.4 is 15.5 Å². The lowest BCUT2D eigenvalue weighted by Crippen LogP contribution is -2.44.